The third-order valence-corrected chi connectivity index (χ3v) is 3.91. The van der Waals surface area contributed by atoms with Crippen molar-refractivity contribution < 1.29 is 14.3 Å². The number of carbonyl (C=O) groups is 1. The second-order valence-corrected chi connectivity index (χ2v) is 5.73. The lowest BCUT2D eigenvalue weighted by atomic mass is 10.2. The highest BCUT2D eigenvalue weighted by Gasteiger charge is 2.15. The second-order valence-electron chi connectivity index (χ2n) is 4.87. The zero-order valence-electron chi connectivity index (χ0n) is 12.1. The molecule has 1 amide bonds. The van der Waals surface area contributed by atoms with Crippen LogP contribution in [0.3, 0.4) is 0 Å². The third-order valence-electron chi connectivity index (χ3n) is 3.15. The van der Waals surface area contributed by atoms with Crippen LogP contribution >= 0.6 is 11.3 Å². The van der Waals surface area contributed by atoms with Gasteiger partial charge in [-0.15, -0.1) is 11.3 Å². The minimum atomic E-state index is -0.244. The first-order chi connectivity index (χ1) is 10.5. The van der Waals surface area contributed by atoms with E-state index in [1.54, 1.807) is 38.1 Å². The first kappa shape index (κ1) is 14.3. The van der Waals surface area contributed by atoms with Crippen LogP contribution in [0.4, 0.5) is 5.13 Å². The number of nitrogens with zero attached hydrogens (tertiary/aromatic N) is 1. The molecule has 0 bridgehead atoms. The summed E-state index contributed by atoms with van der Waals surface area (Å²) in [7, 11) is 0. The summed E-state index contributed by atoms with van der Waals surface area (Å²) in [4.78, 5) is 16.6. The number of thiazole rings is 1. The van der Waals surface area contributed by atoms with Crippen molar-refractivity contribution in [3.63, 3.8) is 0 Å². The molecule has 0 unspecified atom stereocenters. The van der Waals surface area contributed by atoms with Crippen molar-refractivity contribution in [1.29, 1.82) is 0 Å². The van der Waals surface area contributed by atoms with Crippen LogP contribution in [0, 0.1) is 13.8 Å². The maximum Gasteiger partial charge on any atom is 0.260 e. The van der Waals surface area contributed by atoms with Gasteiger partial charge in [0.15, 0.2) is 5.13 Å². The predicted octanol–water partition coefficient (Wildman–Crippen LogP) is 3.98. The predicted molar refractivity (Wildman–Crippen MR) is 85.4 cm³/mol. The summed E-state index contributed by atoms with van der Waals surface area (Å²) < 4.78 is 5.36. The molecule has 0 atom stereocenters. The molecule has 0 spiro atoms. The standard InChI is InChI=1S/C16H14N2O3S/c1-9-6-13(10(2)21-9)15(20)18-16-17-14(8-22-16)11-4-3-5-12(19)7-11/h3-8,19H,1-2H3,(H,17,18,20). The molecule has 0 aliphatic rings. The summed E-state index contributed by atoms with van der Waals surface area (Å²) in [6.45, 7) is 3.55. The summed E-state index contributed by atoms with van der Waals surface area (Å²) in [5.74, 6) is 1.22. The molecule has 3 aromatic rings. The number of aryl methyl sites for hydroxylation is 2. The molecule has 0 radical (unpaired) electrons. The van der Waals surface area contributed by atoms with Gasteiger partial charge in [0.1, 0.15) is 17.3 Å². The molecular formula is C16H14N2O3S. The van der Waals surface area contributed by atoms with Crippen molar-refractivity contribution >= 4 is 22.4 Å². The molecule has 112 valence electrons. The third kappa shape index (κ3) is 2.87. The minimum Gasteiger partial charge on any atom is -0.508 e. The quantitative estimate of drug-likeness (QED) is 0.767. The van der Waals surface area contributed by atoms with E-state index < -0.39 is 0 Å². The molecule has 2 N–H and O–H groups in total. The van der Waals surface area contributed by atoms with Crippen LogP contribution in [0.25, 0.3) is 11.3 Å². The van der Waals surface area contributed by atoms with Gasteiger partial charge in [-0.3, -0.25) is 10.1 Å². The highest BCUT2D eigenvalue weighted by Crippen LogP contribution is 2.27. The average molecular weight is 314 g/mol. The fraction of sp³-hybridized carbons (Fsp3) is 0.125. The van der Waals surface area contributed by atoms with Gasteiger partial charge >= 0.3 is 0 Å². The molecule has 5 nitrogen and oxygen atoms in total. The Morgan fingerprint density at radius 2 is 2.14 bits per heavy atom. The first-order valence-electron chi connectivity index (χ1n) is 6.66. The molecular weight excluding hydrogens is 300 g/mol. The number of rotatable bonds is 3. The number of furan rings is 1. The van der Waals surface area contributed by atoms with E-state index >= 15 is 0 Å². The average Bonchev–Trinajstić information content (AvgIpc) is 3.05. The van der Waals surface area contributed by atoms with Crippen molar-refractivity contribution in [3.05, 3.63) is 52.8 Å². The first-order valence-corrected chi connectivity index (χ1v) is 7.54. The Bertz CT molecular complexity index is 836. The maximum atomic E-state index is 12.2. The van der Waals surface area contributed by atoms with E-state index in [-0.39, 0.29) is 11.7 Å². The topological polar surface area (TPSA) is 75.4 Å². The highest BCUT2D eigenvalue weighted by atomic mass is 32.1. The Morgan fingerprint density at radius 3 is 2.82 bits per heavy atom. The van der Waals surface area contributed by atoms with Gasteiger partial charge in [0, 0.05) is 10.9 Å². The number of phenols is 1. The van der Waals surface area contributed by atoms with Crippen molar-refractivity contribution in [2.24, 2.45) is 0 Å². The smallest absolute Gasteiger partial charge is 0.260 e. The molecule has 6 heteroatoms. The van der Waals surface area contributed by atoms with Gasteiger partial charge in [-0.25, -0.2) is 4.98 Å². The van der Waals surface area contributed by atoms with Crippen LogP contribution in [0.15, 0.2) is 40.1 Å². The largest absolute Gasteiger partial charge is 0.508 e. The molecule has 0 saturated carbocycles. The van der Waals surface area contributed by atoms with E-state index in [4.69, 9.17) is 4.42 Å². The molecule has 3 rings (SSSR count). The number of carbonyl (C=O) groups excluding carboxylic acids is 1. The van der Waals surface area contributed by atoms with Crippen LogP contribution in [-0.2, 0) is 0 Å². The Hall–Kier alpha value is -2.60. The Labute approximate surface area is 131 Å². The number of hydrogen-bond donors (Lipinski definition) is 2. The van der Waals surface area contributed by atoms with E-state index in [0.29, 0.717) is 27.9 Å². The monoisotopic (exact) mass is 314 g/mol. The molecule has 22 heavy (non-hydrogen) atoms. The molecule has 0 fully saturated rings. The molecule has 1 aromatic carbocycles. The Balaban J connectivity index is 1.80. The number of amides is 1. The van der Waals surface area contributed by atoms with E-state index in [2.05, 4.69) is 10.3 Å². The fourth-order valence-electron chi connectivity index (χ4n) is 2.15. The van der Waals surface area contributed by atoms with Crippen LogP contribution < -0.4 is 5.32 Å². The molecule has 2 aromatic heterocycles. The van der Waals surface area contributed by atoms with Crippen LogP contribution in [0.1, 0.15) is 21.9 Å². The van der Waals surface area contributed by atoms with Crippen LogP contribution in [0.5, 0.6) is 5.75 Å². The van der Waals surface area contributed by atoms with Gasteiger partial charge in [-0.2, -0.15) is 0 Å². The Kier molecular flexibility index (Phi) is 3.68. The number of benzene rings is 1. The van der Waals surface area contributed by atoms with E-state index in [1.165, 1.54) is 11.3 Å². The van der Waals surface area contributed by atoms with Crippen molar-refractivity contribution in [2.75, 3.05) is 5.32 Å². The zero-order valence-corrected chi connectivity index (χ0v) is 12.9. The SMILES string of the molecule is Cc1cc(C(=O)Nc2nc(-c3cccc(O)c3)cs2)c(C)o1. The lowest BCUT2D eigenvalue weighted by Gasteiger charge is -2.00. The number of phenolic OH excluding ortho intramolecular Hbond substituents is 1. The molecule has 2 heterocycles. The summed E-state index contributed by atoms with van der Waals surface area (Å²) in [5, 5.41) is 14.6. The van der Waals surface area contributed by atoms with Gasteiger partial charge in [0.25, 0.3) is 5.91 Å². The maximum absolute atomic E-state index is 12.2. The lowest BCUT2D eigenvalue weighted by Crippen LogP contribution is -2.11. The zero-order chi connectivity index (χ0) is 15.7. The number of aromatic hydroxyl groups is 1. The second kappa shape index (κ2) is 5.65. The number of hydrogen-bond acceptors (Lipinski definition) is 5. The fourth-order valence-corrected chi connectivity index (χ4v) is 2.86. The van der Waals surface area contributed by atoms with Gasteiger partial charge in [0.05, 0.1) is 11.3 Å². The highest BCUT2D eigenvalue weighted by molar-refractivity contribution is 7.14. The summed E-state index contributed by atoms with van der Waals surface area (Å²) in [5.41, 5.74) is 2.01. The van der Waals surface area contributed by atoms with Crippen LogP contribution in [0.2, 0.25) is 0 Å². The van der Waals surface area contributed by atoms with Crippen LogP contribution in [-0.4, -0.2) is 16.0 Å². The summed E-state index contributed by atoms with van der Waals surface area (Å²) in [6, 6.07) is 8.53. The Morgan fingerprint density at radius 1 is 1.32 bits per heavy atom. The number of aromatic nitrogens is 1. The van der Waals surface area contributed by atoms with Gasteiger partial charge < -0.3 is 9.52 Å². The summed E-state index contributed by atoms with van der Waals surface area (Å²) >= 11 is 1.33. The van der Waals surface area contributed by atoms with Gasteiger partial charge in [-0.05, 0) is 32.0 Å². The molecule has 0 aliphatic heterocycles. The normalized spacial score (nSPS) is 10.6. The summed E-state index contributed by atoms with van der Waals surface area (Å²) in [6.07, 6.45) is 0. The van der Waals surface area contributed by atoms with E-state index in [0.717, 1.165) is 5.56 Å². The van der Waals surface area contributed by atoms with Gasteiger partial charge in [0.2, 0.25) is 0 Å². The molecule has 0 aliphatic carbocycles. The number of nitrogens with one attached hydrogen (secondary N) is 1. The van der Waals surface area contributed by atoms with E-state index in [1.807, 2.05) is 11.4 Å². The van der Waals surface area contributed by atoms with Crippen molar-refractivity contribution in [3.8, 4) is 17.0 Å². The van der Waals surface area contributed by atoms with E-state index in [9.17, 15) is 9.90 Å². The molecule has 0 saturated heterocycles. The van der Waals surface area contributed by atoms with Crippen molar-refractivity contribution in [2.45, 2.75) is 13.8 Å². The number of anilines is 1. The van der Waals surface area contributed by atoms with Gasteiger partial charge in [-0.1, -0.05) is 12.1 Å². The minimum absolute atomic E-state index is 0.181. The van der Waals surface area contributed by atoms with Crippen molar-refractivity contribution in [1.82, 2.24) is 4.98 Å². The lowest BCUT2D eigenvalue weighted by molar-refractivity contribution is 0.102.